The van der Waals surface area contributed by atoms with Gasteiger partial charge >= 0.3 is 0 Å². The zero-order valence-corrected chi connectivity index (χ0v) is 19.9. The number of piperidine rings is 1. The van der Waals surface area contributed by atoms with E-state index < -0.39 is 6.04 Å². The number of aromatic amines is 1. The van der Waals surface area contributed by atoms with Gasteiger partial charge in [0.05, 0.1) is 23.8 Å². The van der Waals surface area contributed by atoms with E-state index in [0.29, 0.717) is 54.8 Å². The Labute approximate surface area is 195 Å². The van der Waals surface area contributed by atoms with E-state index in [2.05, 4.69) is 45.1 Å². The molecule has 0 radical (unpaired) electrons. The number of anilines is 1. The number of benzene rings is 1. The van der Waals surface area contributed by atoms with Crippen LogP contribution in [0.1, 0.15) is 54.0 Å². The largest absolute Gasteiger partial charge is 0.341 e. The van der Waals surface area contributed by atoms with E-state index >= 15 is 0 Å². The highest BCUT2D eigenvalue weighted by Gasteiger charge is 2.36. The lowest BCUT2D eigenvalue weighted by Crippen LogP contribution is -2.44. The van der Waals surface area contributed by atoms with Gasteiger partial charge in [0, 0.05) is 24.1 Å². The molecule has 1 aromatic heterocycles. The molecule has 3 atom stereocenters. The first-order valence-electron chi connectivity index (χ1n) is 11.0. The van der Waals surface area contributed by atoms with Crippen LogP contribution in [0.3, 0.4) is 0 Å². The van der Waals surface area contributed by atoms with E-state index in [1.54, 1.807) is 23.1 Å². The summed E-state index contributed by atoms with van der Waals surface area (Å²) in [4.78, 5) is 49.5. The van der Waals surface area contributed by atoms with Crippen LogP contribution in [0.2, 0.25) is 0 Å². The molecule has 2 saturated heterocycles. The van der Waals surface area contributed by atoms with Gasteiger partial charge in [0.15, 0.2) is 0 Å². The fourth-order valence-corrected chi connectivity index (χ4v) is 5.19. The van der Waals surface area contributed by atoms with Crippen molar-refractivity contribution in [3.8, 4) is 0 Å². The summed E-state index contributed by atoms with van der Waals surface area (Å²) < 4.78 is 0.772. The Bertz CT molecular complexity index is 999. The summed E-state index contributed by atoms with van der Waals surface area (Å²) in [6.45, 7) is 6.23. The van der Waals surface area contributed by atoms with Crippen LogP contribution in [0.15, 0.2) is 35.2 Å². The minimum absolute atomic E-state index is 0.0863. The minimum Gasteiger partial charge on any atom is -0.341 e. The first-order chi connectivity index (χ1) is 15.3. The van der Waals surface area contributed by atoms with Gasteiger partial charge in [-0.3, -0.25) is 14.4 Å². The smallest absolute Gasteiger partial charge is 0.272 e. The van der Waals surface area contributed by atoms with Crippen molar-refractivity contribution in [2.75, 3.05) is 25.0 Å². The fraction of sp³-hybridized carbons (Fsp3) is 0.478. The molecule has 3 amide bonds. The van der Waals surface area contributed by atoms with Crippen molar-refractivity contribution in [2.24, 2.45) is 11.8 Å². The Morgan fingerprint density at radius 1 is 1.16 bits per heavy atom. The van der Waals surface area contributed by atoms with E-state index in [0.717, 1.165) is 17.3 Å². The Morgan fingerprint density at radius 3 is 2.59 bits per heavy atom. The molecular formula is C23H28BrN5O3. The summed E-state index contributed by atoms with van der Waals surface area (Å²) in [5.41, 5.74) is 1.28. The molecular weight excluding hydrogens is 474 g/mol. The first-order valence-corrected chi connectivity index (χ1v) is 11.8. The maximum Gasteiger partial charge on any atom is 0.272 e. The number of H-pyrrole nitrogens is 1. The van der Waals surface area contributed by atoms with E-state index in [9.17, 15) is 14.4 Å². The van der Waals surface area contributed by atoms with Crippen LogP contribution in [-0.4, -0.2) is 63.2 Å². The van der Waals surface area contributed by atoms with Crippen molar-refractivity contribution in [2.45, 2.75) is 39.2 Å². The Kier molecular flexibility index (Phi) is 6.64. The molecule has 2 aliphatic rings. The molecule has 2 fully saturated rings. The van der Waals surface area contributed by atoms with Gasteiger partial charge in [-0.15, -0.1) is 0 Å². The summed E-state index contributed by atoms with van der Waals surface area (Å²) in [6, 6.07) is 4.70. The number of nitrogens with one attached hydrogen (secondary N) is 2. The Hall–Kier alpha value is -2.68. The van der Waals surface area contributed by atoms with Crippen molar-refractivity contribution in [1.29, 1.82) is 0 Å². The predicted octanol–water partition coefficient (Wildman–Crippen LogP) is 3.53. The second-order valence-corrected chi connectivity index (χ2v) is 9.87. The molecule has 170 valence electrons. The summed E-state index contributed by atoms with van der Waals surface area (Å²) in [6.07, 6.45) is 5.33. The van der Waals surface area contributed by atoms with Crippen molar-refractivity contribution in [1.82, 2.24) is 19.8 Å². The minimum atomic E-state index is -0.590. The standard InChI is InChI=1S/C23H28BrN5O3/c1-14-8-15(2)12-28(11-14)22(31)17-9-16(24)5-6-18(17)27-21(30)20-4-3-7-29(20)23(32)19-10-25-13-26-19/h5-6,9-10,13-15,20H,3-4,7-8,11-12H2,1-2H3,(H,25,26)(H,27,30)/t14-,15+,20-/m0/s1. The Balaban J connectivity index is 1.53. The lowest BCUT2D eigenvalue weighted by Gasteiger charge is -2.35. The number of carbonyl (C=O) groups is 3. The van der Waals surface area contributed by atoms with Gasteiger partial charge in [0.1, 0.15) is 11.7 Å². The highest BCUT2D eigenvalue weighted by molar-refractivity contribution is 9.10. The molecule has 1 aromatic carbocycles. The molecule has 3 heterocycles. The third kappa shape index (κ3) is 4.72. The second-order valence-electron chi connectivity index (χ2n) is 8.96. The van der Waals surface area contributed by atoms with E-state index in [4.69, 9.17) is 0 Å². The number of halogens is 1. The molecule has 9 heteroatoms. The van der Waals surface area contributed by atoms with E-state index in [-0.39, 0.29) is 17.7 Å². The second kappa shape index (κ2) is 9.44. The molecule has 2 aromatic rings. The Morgan fingerprint density at radius 2 is 1.91 bits per heavy atom. The quantitative estimate of drug-likeness (QED) is 0.669. The van der Waals surface area contributed by atoms with Gasteiger partial charge in [-0.2, -0.15) is 0 Å². The lowest BCUT2D eigenvalue weighted by atomic mass is 9.91. The maximum atomic E-state index is 13.4. The fourth-order valence-electron chi connectivity index (χ4n) is 4.83. The molecule has 0 unspecified atom stereocenters. The monoisotopic (exact) mass is 501 g/mol. The number of imidazole rings is 1. The van der Waals surface area contributed by atoms with Crippen molar-refractivity contribution in [3.05, 3.63) is 46.5 Å². The van der Waals surface area contributed by atoms with Gasteiger partial charge in [-0.25, -0.2) is 4.98 Å². The van der Waals surface area contributed by atoms with E-state index in [1.807, 2.05) is 4.90 Å². The zero-order chi connectivity index (χ0) is 22.8. The molecule has 2 aliphatic heterocycles. The number of hydrogen-bond acceptors (Lipinski definition) is 4. The average molecular weight is 502 g/mol. The molecule has 8 nitrogen and oxygen atoms in total. The molecule has 0 bridgehead atoms. The van der Waals surface area contributed by atoms with Gasteiger partial charge in [-0.05, 0) is 49.3 Å². The molecule has 0 spiro atoms. The van der Waals surface area contributed by atoms with Crippen LogP contribution in [-0.2, 0) is 4.79 Å². The van der Waals surface area contributed by atoms with Crippen molar-refractivity contribution < 1.29 is 14.4 Å². The SMILES string of the molecule is C[C@@H]1C[C@H](C)CN(C(=O)c2cc(Br)ccc2NC(=O)[C@@H]2CCCN2C(=O)c2cnc[nH]2)C1. The van der Waals surface area contributed by atoms with Crippen LogP contribution < -0.4 is 5.32 Å². The van der Waals surface area contributed by atoms with Crippen LogP contribution in [0.5, 0.6) is 0 Å². The number of aromatic nitrogens is 2. The van der Waals surface area contributed by atoms with Crippen LogP contribution >= 0.6 is 15.9 Å². The van der Waals surface area contributed by atoms with Gasteiger partial charge < -0.3 is 20.1 Å². The topological polar surface area (TPSA) is 98.4 Å². The number of likely N-dealkylation sites (tertiary alicyclic amines) is 2. The van der Waals surface area contributed by atoms with Crippen LogP contribution in [0, 0.1) is 11.8 Å². The molecule has 2 N–H and O–H groups in total. The predicted molar refractivity (Wildman–Crippen MR) is 124 cm³/mol. The lowest BCUT2D eigenvalue weighted by molar-refractivity contribution is -0.119. The normalized spacial score (nSPS) is 23.3. The highest BCUT2D eigenvalue weighted by atomic mass is 79.9. The van der Waals surface area contributed by atoms with E-state index in [1.165, 1.54) is 12.5 Å². The summed E-state index contributed by atoms with van der Waals surface area (Å²) >= 11 is 3.45. The first kappa shape index (κ1) is 22.5. The summed E-state index contributed by atoms with van der Waals surface area (Å²) in [7, 11) is 0. The number of amides is 3. The van der Waals surface area contributed by atoms with Crippen LogP contribution in [0.4, 0.5) is 5.69 Å². The number of hydrogen-bond donors (Lipinski definition) is 2. The van der Waals surface area contributed by atoms with Gasteiger partial charge in [0.2, 0.25) is 5.91 Å². The third-order valence-electron chi connectivity index (χ3n) is 6.17. The van der Waals surface area contributed by atoms with Gasteiger partial charge in [-0.1, -0.05) is 29.8 Å². The highest BCUT2D eigenvalue weighted by Crippen LogP contribution is 2.28. The number of carbonyl (C=O) groups excluding carboxylic acids is 3. The van der Waals surface area contributed by atoms with Gasteiger partial charge in [0.25, 0.3) is 11.8 Å². The average Bonchev–Trinajstić information content (AvgIpc) is 3.45. The molecule has 32 heavy (non-hydrogen) atoms. The maximum absolute atomic E-state index is 13.4. The van der Waals surface area contributed by atoms with Crippen molar-refractivity contribution in [3.63, 3.8) is 0 Å². The number of nitrogens with zero attached hydrogens (tertiary/aromatic N) is 3. The number of rotatable bonds is 4. The summed E-state index contributed by atoms with van der Waals surface area (Å²) in [5, 5.41) is 2.93. The molecule has 0 aliphatic carbocycles. The third-order valence-corrected chi connectivity index (χ3v) is 6.66. The zero-order valence-electron chi connectivity index (χ0n) is 18.3. The molecule has 4 rings (SSSR count). The molecule has 0 saturated carbocycles. The van der Waals surface area contributed by atoms with Crippen LogP contribution in [0.25, 0.3) is 0 Å². The van der Waals surface area contributed by atoms with Crippen molar-refractivity contribution >= 4 is 39.3 Å². The summed E-state index contributed by atoms with van der Waals surface area (Å²) in [5.74, 6) is 0.259.